The Kier molecular flexibility index (Phi) is 4.57. The van der Waals surface area contributed by atoms with Crippen LogP contribution in [0, 0.1) is 0 Å². The lowest BCUT2D eigenvalue weighted by Crippen LogP contribution is -2.09. The summed E-state index contributed by atoms with van der Waals surface area (Å²) in [5.41, 5.74) is 4.35. The van der Waals surface area contributed by atoms with Crippen molar-refractivity contribution in [1.29, 1.82) is 0 Å². The van der Waals surface area contributed by atoms with Crippen molar-refractivity contribution in [3.05, 3.63) is 41.6 Å². The van der Waals surface area contributed by atoms with Gasteiger partial charge in [-0.2, -0.15) is 8.42 Å². The Morgan fingerprint density at radius 1 is 1.29 bits per heavy atom. The minimum absolute atomic E-state index is 0.454. The normalized spacial score (nSPS) is 12.4. The van der Waals surface area contributed by atoms with Gasteiger partial charge in [0.25, 0.3) is 0 Å². The second-order valence-corrected chi connectivity index (χ2v) is 5.92. The Hall–Kier alpha value is -2.74. The quantitative estimate of drug-likeness (QED) is 0.922. The van der Waals surface area contributed by atoms with Crippen molar-refractivity contribution >= 4 is 22.2 Å². The van der Waals surface area contributed by atoms with Crippen LogP contribution in [0.4, 0.5) is 10.5 Å². The number of benzene rings is 1. The molecule has 0 atom stereocenters. The van der Waals surface area contributed by atoms with E-state index in [1.54, 1.807) is 18.3 Å². The first-order valence-electron chi connectivity index (χ1n) is 7.35. The van der Waals surface area contributed by atoms with Gasteiger partial charge in [0.05, 0.1) is 12.8 Å². The van der Waals surface area contributed by atoms with Gasteiger partial charge in [-0.05, 0) is 42.0 Å². The molecule has 7 nitrogen and oxygen atoms in total. The fourth-order valence-corrected chi connectivity index (χ4v) is 3.12. The molecular weight excluding hydrogens is 330 g/mol. The first kappa shape index (κ1) is 16.1. The minimum Gasteiger partial charge on any atom is -0.481 e. The maximum absolute atomic E-state index is 11.8. The number of hydrogen-bond acceptors (Lipinski definition) is 5. The van der Waals surface area contributed by atoms with Crippen LogP contribution in [0.2, 0.25) is 0 Å². The molecule has 0 aliphatic heterocycles. The Labute approximate surface area is 140 Å². The van der Waals surface area contributed by atoms with Gasteiger partial charge in [-0.25, -0.2) is 9.78 Å². The number of hydrogen-bond donors (Lipinski definition) is 1. The van der Waals surface area contributed by atoms with Crippen LogP contribution in [0.5, 0.6) is 5.88 Å². The number of urea groups is 1. The Morgan fingerprint density at radius 3 is 2.88 bits per heavy atom. The van der Waals surface area contributed by atoms with Crippen LogP contribution < -0.4 is 10.1 Å². The molecule has 0 radical (unpaired) electrons. The van der Waals surface area contributed by atoms with E-state index in [9.17, 15) is 13.2 Å². The number of aryl methyl sites for hydroxylation is 1. The fourth-order valence-electron chi connectivity index (χ4n) is 2.94. The molecule has 1 N–H and O–H groups in total. The molecule has 0 spiro atoms. The van der Waals surface area contributed by atoms with Crippen LogP contribution in [0.25, 0.3) is 11.1 Å². The fraction of sp³-hybridized carbons (Fsp3) is 0.250. The Morgan fingerprint density at radius 2 is 2.12 bits per heavy atom. The van der Waals surface area contributed by atoms with Crippen LogP contribution in [-0.4, -0.2) is 26.5 Å². The summed E-state index contributed by atoms with van der Waals surface area (Å²) in [4.78, 5) is 15.9. The van der Waals surface area contributed by atoms with E-state index in [0.717, 1.165) is 41.5 Å². The third-order valence-corrected chi connectivity index (χ3v) is 4.24. The number of fused-ring (bicyclic) bond motifs is 1. The van der Waals surface area contributed by atoms with E-state index in [2.05, 4.69) is 14.7 Å². The molecule has 0 bridgehead atoms. The summed E-state index contributed by atoms with van der Waals surface area (Å²) in [5.74, 6) is 0.454. The van der Waals surface area contributed by atoms with Crippen molar-refractivity contribution in [2.45, 2.75) is 19.3 Å². The molecule has 8 heteroatoms. The number of carbonyl (C=O) groups excluding carboxylic acids is 1. The van der Waals surface area contributed by atoms with Gasteiger partial charge in [-0.15, -0.1) is 0 Å². The molecule has 2 aromatic rings. The summed E-state index contributed by atoms with van der Waals surface area (Å²) in [6.45, 7) is 0. The maximum Gasteiger partial charge on any atom is 0.360 e. The van der Waals surface area contributed by atoms with Crippen LogP contribution in [0.3, 0.4) is 0 Å². The molecule has 24 heavy (non-hydrogen) atoms. The van der Waals surface area contributed by atoms with Crippen molar-refractivity contribution in [2.75, 3.05) is 12.4 Å². The van der Waals surface area contributed by atoms with E-state index in [4.69, 9.17) is 4.74 Å². The molecular formula is C16H15N3O4S. The van der Waals surface area contributed by atoms with Crippen molar-refractivity contribution in [3.63, 3.8) is 0 Å². The average molecular weight is 345 g/mol. The van der Waals surface area contributed by atoms with Crippen molar-refractivity contribution < 1.29 is 17.9 Å². The van der Waals surface area contributed by atoms with Crippen LogP contribution in [-0.2, 0) is 23.3 Å². The lowest BCUT2D eigenvalue weighted by atomic mass is 9.98. The maximum atomic E-state index is 11.8. The van der Waals surface area contributed by atoms with Gasteiger partial charge < -0.3 is 10.1 Å². The summed E-state index contributed by atoms with van der Waals surface area (Å²) in [5, 5.41) is 2.62. The van der Waals surface area contributed by atoms with Gasteiger partial charge in [0.15, 0.2) is 0 Å². The molecule has 0 saturated heterocycles. The van der Waals surface area contributed by atoms with E-state index in [1.807, 2.05) is 12.1 Å². The van der Waals surface area contributed by atoms with Gasteiger partial charge in [-0.1, -0.05) is 16.5 Å². The zero-order valence-electron chi connectivity index (χ0n) is 12.9. The number of carbonyl (C=O) groups is 1. The second kappa shape index (κ2) is 6.79. The van der Waals surface area contributed by atoms with Crippen LogP contribution in [0.15, 0.2) is 34.8 Å². The highest BCUT2D eigenvalue weighted by Gasteiger charge is 2.20. The smallest absolute Gasteiger partial charge is 0.360 e. The average Bonchev–Trinajstić information content (AvgIpc) is 3.03. The number of ether oxygens (including phenoxy) is 1. The summed E-state index contributed by atoms with van der Waals surface area (Å²) in [6.07, 6.45) is 4.36. The molecule has 3 rings (SSSR count). The number of rotatable bonds is 3. The van der Waals surface area contributed by atoms with Gasteiger partial charge >= 0.3 is 16.5 Å². The van der Waals surface area contributed by atoms with Gasteiger partial charge in [0.1, 0.15) is 0 Å². The SMILES string of the molecule is COc1cc(-c2ccc3c(c2NC(=O)N=S(=O)=O)CCC3)ccn1. The molecule has 1 aromatic carbocycles. The Bertz CT molecular complexity index is 930. The number of pyridine rings is 1. The number of aromatic nitrogens is 1. The highest BCUT2D eigenvalue weighted by atomic mass is 32.2. The second-order valence-electron chi connectivity index (χ2n) is 5.30. The lowest BCUT2D eigenvalue weighted by molar-refractivity contribution is 0.260. The molecule has 1 aliphatic rings. The topological polar surface area (TPSA) is 97.7 Å². The standard InChI is InChI=1S/C16H15N3O4S/c1-23-14-9-11(7-8-17-14)13-6-5-10-3-2-4-12(10)15(13)18-16(20)19-24(21)22/h5-9H,2-4H2,1H3,(H,18,20). The van der Waals surface area contributed by atoms with E-state index >= 15 is 0 Å². The highest BCUT2D eigenvalue weighted by Crippen LogP contribution is 2.38. The van der Waals surface area contributed by atoms with Crippen molar-refractivity contribution in [2.24, 2.45) is 4.36 Å². The first-order chi connectivity index (χ1) is 11.6. The lowest BCUT2D eigenvalue weighted by Gasteiger charge is -2.15. The zero-order chi connectivity index (χ0) is 17.1. The monoisotopic (exact) mass is 345 g/mol. The predicted octanol–water partition coefficient (Wildman–Crippen LogP) is 2.84. The van der Waals surface area contributed by atoms with E-state index < -0.39 is 16.5 Å². The predicted molar refractivity (Wildman–Crippen MR) is 88.6 cm³/mol. The first-order valence-corrected chi connectivity index (χ1v) is 8.39. The largest absolute Gasteiger partial charge is 0.481 e. The third-order valence-electron chi connectivity index (χ3n) is 3.93. The summed E-state index contributed by atoms with van der Waals surface area (Å²) >= 11 is 0. The highest BCUT2D eigenvalue weighted by molar-refractivity contribution is 7.62. The third kappa shape index (κ3) is 3.28. The summed E-state index contributed by atoms with van der Waals surface area (Å²) in [7, 11) is -1.26. The van der Waals surface area contributed by atoms with Crippen LogP contribution >= 0.6 is 0 Å². The molecule has 1 aliphatic carbocycles. The summed E-state index contributed by atoms with van der Waals surface area (Å²) < 4.78 is 29.4. The molecule has 0 saturated carbocycles. The molecule has 1 heterocycles. The minimum atomic E-state index is -2.79. The van der Waals surface area contributed by atoms with Crippen molar-refractivity contribution in [3.8, 4) is 17.0 Å². The molecule has 0 unspecified atom stereocenters. The van der Waals surface area contributed by atoms with Gasteiger partial charge in [0, 0.05) is 17.8 Å². The molecule has 2 amide bonds. The Balaban J connectivity index is 2.12. The van der Waals surface area contributed by atoms with E-state index in [-0.39, 0.29) is 0 Å². The zero-order valence-corrected chi connectivity index (χ0v) is 13.8. The summed E-state index contributed by atoms with van der Waals surface area (Å²) in [6, 6.07) is 6.59. The molecule has 1 aromatic heterocycles. The van der Waals surface area contributed by atoms with E-state index in [1.165, 1.54) is 7.11 Å². The molecule has 0 fully saturated rings. The van der Waals surface area contributed by atoms with Crippen molar-refractivity contribution in [1.82, 2.24) is 4.98 Å². The number of nitrogens with zero attached hydrogens (tertiary/aromatic N) is 2. The van der Waals surface area contributed by atoms with E-state index in [0.29, 0.717) is 11.6 Å². The van der Waals surface area contributed by atoms with Crippen LogP contribution in [0.1, 0.15) is 17.5 Å². The number of methoxy groups -OCH3 is 1. The number of anilines is 1. The molecule has 124 valence electrons. The van der Waals surface area contributed by atoms with Gasteiger partial charge in [-0.3, -0.25) is 0 Å². The number of amides is 2. The number of nitrogens with one attached hydrogen (secondary N) is 1. The van der Waals surface area contributed by atoms with Gasteiger partial charge in [0.2, 0.25) is 5.88 Å².